The Kier molecular flexibility index (Phi) is 4.69. The molecular formula is C9H21NO. The molecule has 0 fully saturated rings. The van der Waals surface area contributed by atoms with Gasteiger partial charge in [-0.1, -0.05) is 27.2 Å². The second-order valence-corrected chi connectivity index (χ2v) is 3.25. The predicted molar refractivity (Wildman–Crippen MR) is 48.1 cm³/mol. The molecule has 2 nitrogen and oxygen atoms in total. The van der Waals surface area contributed by atoms with Gasteiger partial charge in [-0.3, -0.25) is 0 Å². The molecule has 1 atom stereocenters. The molecule has 0 spiro atoms. The van der Waals surface area contributed by atoms with Crippen molar-refractivity contribution in [2.75, 3.05) is 0 Å². The predicted octanol–water partition coefficient (Wildman–Crippen LogP) is 1.87. The lowest BCUT2D eigenvalue weighted by molar-refractivity contribution is -0.0245. The van der Waals surface area contributed by atoms with E-state index in [1.807, 2.05) is 6.92 Å². The van der Waals surface area contributed by atoms with Gasteiger partial charge in [0.2, 0.25) is 0 Å². The van der Waals surface area contributed by atoms with Gasteiger partial charge in [0, 0.05) is 5.92 Å². The SMILES string of the molecule is CCCC(N)(O)C(CC)CC. The quantitative estimate of drug-likeness (QED) is 0.601. The summed E-state index contributed by atoms with van der Waals surface area (Å²) >= 11 is 0. The molecule has 68 valence electrons. The maximum atomic E-state index is 9.75. The van der Waals surface area contributed by atoms with Crippen molar-refractivity contribution in [3.63, 3.8) is 0 Å². The van der Waals surface area contributed by atoms with E-state index in [0.29, 0.717) is 6.42 Å². The number of hydrogen-bond donors (Lipinski definition) is 2. The van der Waals surface area contributed by atoms with E-state index in [2.05, 4.69) is 13.8 Å². The van der Waals surface area contributed by atoms with Crippen LogP contribution in [0.1, 0.15) is 46.5 Å². The van der Waals surface area contributed by atoms with Gasteiger partial charge in [-0.25, -0.2) is 0 Å². The highest BCUT2D eigenvalue weighted by Crippen LogP contribution is 2.23. The molecule has 0 aliphatic carbocycles. The molecule has 0 radical (unpaired) electrons. The first kappa shape index (κ1) is 10.9. The average Bonchev–Trinajstić information content (AvgIpc) is 1.89. The third-order valence-corrected chi connectivity index (χ3v) is 2.34. The molecule has 11 heavy (non-hydrogen) atoms. The summed E-state index contributed by atoms with van der Waals surface area (Å²) in [5, 5.41) is 9.75. The highest BCUT2D eigenvalue weighted by Gasteiger charge is 2.28. The summed E-state index contributed by atoms with van der Waals surface area (Å²) in [5.41, 5.74) is 4.82. The molecule has 0 aromatic heterocycles. The lowest BCUT2D eigenvalue weighted by Gasteiger charge is -2.31. The highest BCUT2D eigenvalue weighted by atomic mass is 16.3. The van der Waals surface area contributed by atoms with Gasteiger partial charge >= 0.3 is 0 Å². The molecule has 1 unspecified atom stereocenters. The monoisotopic (exact) mass is 159 g/mol. The summed E-state index contributed by atoms with van der Waals surface area (Å²) in [6.07, 6.45) is 3.58. The fourth-order valence-corrected chi connectivity index (χ4v) is 1.60. The minimum Gasteiger partial charge on any atom is -0.376 e. The van der Waals surface area contributed by atoms with Gasteiger partial charge in [-0.05, 0) is 19.3 Å². The smallest absolute Gasteiger partial charge is 0.116 e. The Bertz CT molecular complexity index is 97.7. The molecule has 0 aromatic rings. The van der Waals surface area contributed by atoms with Gasteiger partial charge in [-0.2, -0.15) is 0 Å². The van der Waals surface area contributed by atoms with Crippen LogP contribution in [0.4, 0.5) is 0 Å². The molecule has 0 saturated heterocycles. The minimum atomic E-state index is -0.932. The Hall–Kier alpha value is -0.0800. The van der Waals surface area contributed by atoms with Gasteiger partial charge in [0.25, 0.3) is 0 Å². The van der Waals surface area contributed by atoms with Crippen LogP contribution in [0.15, 0.2) is 0 Å². The lowest BCUT2D eigenvalue weighted by atomic mass is 9.88. The summed E-state index contributed by atoms with van der Waals surface area (Å²) in [4.78, 5) is 0. The second kappa shape index (κ2) is 4.73. The van der Waals surface area contributed by atoms with E-state index in [9.17, 15) is 5.11 Å². The lowest BCUT2D eigenvalue weighted by Crippen LogP contribution is -2.46. The van der Waals surface area contributed by atoms with Crippen LogP contribution < -0.4 is 5.73 Å². The molecule has 0 aliphatic heterocycles. The standard InChI is InChI=1S/C9H21NO/c1-4-7-9(10,11)8(5-2)6-3/h8,11H,4-7,10H2,1-3H3. The summed E-state index contributed by atoms with van der Waals surface area (Å²) in [6.45, 7) is 6.18. The van der Waals surface area contributed by atoms with Crippen molar-refractivity contribution in [2.24, 2.45) is 11.7 Å². The molecular weight excluding hydrogens is 138 g/mol. The maximum Gasteiger partial charge on any atom is 0.116 e. The molecule has 0 heterocycles. The van der Waals surface area contributed by atoms with Crippen molar-refractivity contribution in [1.29, 1.82) is 0 Å². The van der Waals surface area contributed by atoms with Gasteiger partial charge < -0.3 is 10.8 Å². The van der Waals surface area contributed by atoms with Crippen LogP contribution in [0.3, 0.4) is 0 Å². The molecule has 0 bridgehead atoms. The van der Waals surface area contributed by atoms with E-state index in [0.717, 1.165) is 19.3 Å². The maximum absolute atomic E-state index is 9.75. The fourth-order valence-electron chi connectivity index (χ4n) is 1.60. The molecule has 0 amide bonds. The van der Waals surface area contributed by atoms with Crippen molar-refractivity contribution < 1.29 is 5.11 Å². The van der Waals surface area contributed by atoms with Crippen LogP contribution in [-0.2, 0) is 0 Å². The number of rotatable bonds is 5. The van der Waals surface area contributed by atoms with E-state index in [1.54, 1.807) is 0 Å². The van der Waals surface area contributed by atoms with Crippen LogP contribution in [0, 0.1) is 5.92 Å². The number of nitrogens with two attached hydrogens (primary N) is 1. The van der Waals surface area contributed by atoms with Gasteiger partial charge in [0.15, 0.2) is 0 Å². The van der Waals surface area contributed by atoms with E-state index >= 15 is 0 Å². The van der Waals surface area contributed by atoms with Crippen molar-refractivity contribution in [2.45, 2.75) is 52.2 Å². The average molecular weight is 159 g/mol. The molecule has 2 heteroatoms. The van der Waals surface area contributed by atoms with Crippen molar-refractivity contribution in [1.82, 2.24) is 0 Å². The molecule has 0 rings (SSSR count). The molecule has 3 N–H and O–H groups in total. The summed E-state index contributed by atoms with van der Waals surface area (Å²) < 4.78 is 0. The van der Waals surface area contributed by atoms with Crippen LogP contribution in [0.25, 0.3) is 0 Å². The zero-order valence-electron chi connectivity index (χ0n) is 7.93. The second-order valence-electron chi connectivity index (χ2n) is 3.25. The van der Waals surface area contributed by atoms with Gasteiger partial charge in [0.1, 0.15) is 5.72 Å². The van der Waals surface area contributed by atoms with E-state index in [4.69, 9.17) is 5.73 Å². The molecule has 0 aliphatic rings. The largest absolute Gasteiger partial charge is 0.376 e. The Morgan fingerprint density at radius 2 is 1.73 bits per heavy atom. The van der Waals surface area contributed by atoms with E-state index in [-0.39, 0.29) is 5.92 Å². The van der Waals surface area contributed by atoms with Gasteiger partial charge in [-0.15, -0.1) is 0 Å². The zero-order valence-corrected chi connectivity index (χ0v) is 7.93. The third-order valence-electron chi connectivity index (χ3n) is 2.34. The Morgan fingerprint density at radius 1 is 1.27 bits per heavy atom. The van der Waals surface area contributed by atoms with E-state index < -0.39 is 5.72 Å². The van der Waals surface area contributed by atoms with Crippen molar-refractivity contribution in [3.05, 3.63) is 0 Å². The van der Waals surface area contributed by atoms with Crippen LogP contribution in [-0.4, -0.2) is 10.8 Å². The third kappa shape index (κ3) is 3.21. The number of hydrogen-bond acceptors (Lipinski definition) is 2. The Morgan fingerprint density at radius 3 is 2.00 bits per heavy atom. The number of aliphatic hydroxyl groups is 1. The van der Waals surface area contributed by atoms with Crippen LogP contribution in [0.2, 0.25) is 0 Å². The van der Waals surface area contributed by atoms with Crippen LogP contribution >= 0.6 is 0 Å². The summed E-state index contributed by atoms with van der Waals surface area (Å²) in [7, 11) is 0. The van der Waals surface area contributed by atoms with E-state index in [1.165, 1.54) is 0 Å². The topological polar surface area (TPSA) is 46.2 Å². The zero-order chi connectivity index (χ0) is 8.91. The Labute approximate surface area is 69.8 Å². The minimum absolute atomic E-state index is 0.252. The highest BCUT2D eigenvalue weighted by molar-refractivity contribution is 4.77. The van der Waals surface area contributed by atoms with Crippen LogP contribution in [0.5, 0.6) is 0 Å². The van der Waals surface area contributed by atoms with Crippen molar-refractivity contribution >= 4 is 0 Å². The molecule has 0 saturated carbocycles. The summed E-state index contributed by atoms with van der Waals surface area (Å²) in [5.74, 6) is 0.252. The van der Waals surface area contributed by atoms with Gasteiger partial charge in [0.05, 0.1) is 0 Å². The normalized spacial score (nSPS) is 16.9. The van der Waals surface area contributed by atoms with Crippen molar-refractivity contribution in [3.8, 4) is 0 Å². The summed E-state index contributed by atoms with van der Waals surface area (Å²) in [6, 6.07) is 0. The Balaban J connectivity index is 4.00. The first-order chi connectivity index (χ1) is 5.08. The first-order valence-corrected chi connectivity index (χ1v) is 4.59. The fraction of sp³-hybridized carbons (Fsp3) is 1.00. The first-order valence-electron chi connectivity index (χ1n) is 4.59. The molecule has 0 aromatic carbocycles.